The molecule has 0 amide bonds. The molecule has 0 bridgehead atoms. The van der Waals surface area contributed by atoms with Gasteiger partial charge in [0, 0.05) is 12.6 Å². The van der Waals surface area contributed by atoms with Crippen molar-refractivity contribution in [1.82, 2.24) is 0 Å². The predicted octanol–water partition coefficient (Wildman–Crippen LogP) is 0.628. The summed E-state index contributed by atoms with van der Waals surface area (Å²) in [6.45, 7) is 1.27. The minimum atomic E-state index is -0.243. The van der Waals surface area contributed by atoms with Gasteiger partial charge in [-0.3, -0.25) is 0 Å². The molecule has 1 aromatic rings. The summed E-state index contributed by atoms with van der Waals surface area (Å²) in [5, 5.41) is 0. The second-order valence-electron chi connectivity index (χ2n) is 3.14. The Morgan fingerprint density at radius 3 is 2.50 bits per heavy atom. The largest absolute Gasteiger partial charge is 0.375 e. The zero-order valence-corrected chi connectivity index (χ0v) is 7.95. The van der Waals surface area contributed by atoms with Crippen molar-refractivity contribution >= 4 is 0 Å². The topological polar surface area (TPSA) is 61.3 Å². The Labute approximate surface area is 82.9 Å². The van der Waals surface area contributed by atoms with Gasteiger partial charge in [0.05, 0.1) is 13.2 Å². The number of hydrogen-bond donors (Lipinski definition) is 2. The molecule has 0 aliphatic carbocycles. The van der Waals surface area contributed by atoms with Crippen LogP contribution in [0.3, 0.4) is 0 Å². The fourth-order valence-electron chi connectivity index (χ4n) is 0.977. The molecular formula is C10H15FN2O. The van der Waals surface area contributed by atoms with Gasteiger partial charge in [0.2, 0.25) is 0 Å². The van der Waals surface area contributed by atoms with Crippen LogP contribution < -0.4 is 11.5 Å². The molecule has 0 heterocycles. The third kappa shape index (κ3) is 3.83. The van der Waals surface area contributed by atoms with E-state index in [0.29, 0.717) is 19.8 Å². The average Bonchev–Trinajstić information content (AvgIpc) is 2.21. The van der Waals surface area contributed by atoms with Gasteiger partial charge < -0.3 is 16.2 Å². The molecule has 0 aromatic heterocycles. The summed E-state index contributed by atoms with van der Waals surface area (Å²) in [6.07, 6.45) is 0. The van der Waals surface area contributed by atoms with Crippen molar-refractivity contribution in [2.24, 2.45) is 11.5 Å². The molecule has 78 valence electrons. The maximum atomic E-state index is 12.5. The monoisotopic (exact) mass is 198 g/mol. The lowest BCUT2D eigenvalue weighted by Gasteiger charge is -2.09. The van der Waals surface area contributed by atoms with Gasteiger partial charge in [-0.2, -0.15) is 0 Å². The highest BCUT2D eigenvalue weighted by molar-refractivity contribution is 5.14. The molecule has 1 unspecified atom stereocenters. The molecule has 1 aromatic carbocycles. The average molecular weight is 198 g/mol. The van der Waals surface area contributed by atoms with E-state index in [-0.39, 0.29) is 11.9 Å². The van der Waals surface area contributed by atoms with Crippen LogP contribution in [0.1, 0.15) is 5.56 Å². The van der Waals surface area contributed by atoms with Crippen molar-refractivity contribution in [2.75, 3.05) is 13.2 Å². The Morgan fingerprint density at radius 2 is 1.93 bits per heavy atom. The van der Waals surface area contributed by atoms with Gasteiger partial charge in [-0.1, -0.05) is 12.1 Å². The van der Waals surface area contributed by atoms with Crippen LogP contribution in [0.15, 0.2) is 24.3 Å². The van der Waals surface area contributed by atoms with Crippen LogP contribution in [-0.4, -0.2) is 19.2 Å². The molecular weight excluding hydrogens is 183 g/mol. The summed E-state index contributed by atoms with van der Waals surface area (Å²) < 4.78 is 17.8. The molecule has 4 heteroatoms. The highest BCUT2D eigenvalue weighted by Gasteiger charge is 1.99. The molecule has 0 saturated heterocycles. The third-order valence-electron chi connectivity index (χ3n) is 1.82. The summed E-state index contributed by atoms with van der Waals surface area (Å²) in [5.41, 5.74) is 11.8. The van der Waals surface area contributed by atoms with E-state index in [1.807, 2.05) is 0 Å². The second-order valence-corrected chi connectivity index (χ2v) is 3.14. The highest BCUT2D eigenvalue weighted by Crippen LogP contribution is 2.03. The van der Waals surface area contributed by atoms with Gasteiger partial charge in [0.15, 0.2) is 0 Å². The SMILES string of the molecule is NCC(N)COCc1ccc(F)cc1. The molecule has 1 atom stereocenters. The van der Waals surface area contributed by atoms with E-state index >= 15 is 0 Å². The summed E-state index contributed by atoms with van der Waals surface area (Å²) in [6, 6.07) is 6.05. The molecule has 0 saturated carbocycles. The summed E-state index contributed by atoms with van der Waals surface area (Å²) in [5.74, 6) is -0.243. The smallest absolute Gasteiger partial charge is 0.123 e. The van der Waals surface area contributed by atoms with Gasteiger partial charge >= 0.3 is 0 Å². The van der Waals surface area contributed by atoms with Gasteiger partial charge in [0.1, 0.15) is 5.82 Å². The predicted molar refractivity (Wildman–Crippen MR) is 53.1 cm³/mol. The first-order chi connectivity index (χ1) is 6.72. The van der Waals surface area contributed by atoms with E-state index in [9.17, 15) is 4.39 Å². The van der Waals surface area contributed by atoms with Crippen molar-refractivity contribution in [3.63, 3.8) is 0 Å². The minimum absolute atomic E-state index is 0.129. The lowest BCUT2D eigenvalue weighted by molar-refractivity contribution is 0.109. The highest BCUT2D eigenvalue weighted by atomic mass is 19.1. The van der Waals surface area contributed by atoms with E-state index in [1.165, 1.54) is 12.1 Å². The maximum absolute atomic E-state index is 12.5. The van der Waals surface area contributed by atoms with Crippen molar-refractivity contribution in [1.29, 1.82) is 0 Å². The molecule has 0 aliphatic rings. The second kappa shape index (κ2) is 5.70. The number of rotatable bonds is 5. The number of nitrogens with two attached hydrogens (primary N) is 2. The van der Waals surface area contributed by atoms with E-state index in [2.05, 4.69) is 0 Å². The first-order valence-electron chi connectivity index (χ1n) is 4.50. The fourth-order valence-corrected chi connectivity index (χ4v) is 0.977. The van der Waals surface area contributed by atoms with Crippen molar-refractivity contribution in [3.8, 4) is 0 Å². The Morgan fingerprint density at radius 1 is 1.29 bits per heavy atom. The lowest BCUT2D eigenvalue weighted by Crippen LogP contribution is -2.34. The lowest BCUT2D eigenvalue weighted by atomic mass is 10.2. The first-order valence-corrected chi connectivity index (χ1v) is 4.50. The van der Waals surface area contributed by atoms with Crippen LogP contribution in [-0.2, 0) is 11.3 Å². The van der Waals surface area contributed by atoms with Gasteiger partial charge in [-0.25, -0.2) is 4.39 Å². The fraction of sp³-hybridized carbons (Fsp3) is 0.400. The minimum Gasteiger partial charge on any atom is -0.375 e. The Bertz CT molecular complexity index is 263. The Hall–Kier alpha value is -0.970. The third-order valence-corrected chi connectivity index (χ3v) is 1.82. The van der Waals surface area contributed by atoms with E-state index in [1.54, 1.807) is 12.1 Å². The van der Waals surface area contributed by atoms with Crippen molar-refractivity contribution in [2.45, 2.75) is 12.6 Å². The Kier molecular flexibility index (Phi) is 4.52. The van der Waals surface area contributed by atoms with Crippen LogP contribution >= 0.6 is 0 Å². The summed E-state index contributed by atoms with van der Waals surface area (Å²) in [7, 11) is 0. The molecule has 0 radical (unpaired) electrons. The van der Waals surface area contributed by atoms with Gasteiger partial charge in [-0.15, -0.1) is 0 Å². The van der Waals surface area contributed by atoms with Crippen LogP contribution in [0, 0.1) is 5.82 Å². The quantitative estimate of drug-likeness (QED) is 0.729. The van der Waals surface area contributed by atoms with Crippen LogP contribution in [0.4, 0.5) is 4.39 Å². The normalized spacial score (nSPS) is 12.8. The first kappa shape index (κ1) is 11.1. The summed E-state index contributed by atoms with van der Waals surface area (Å²) in [4.78, 5) is 0. The number of hydrogen-bond acceptors (Lipinski definition) is 3. The van der Waals surface area contributed by atoms with Crippen molar-refractivity contribution < 1.29 is 9.13 Å². The number of halogens is 1. The molecule has 0 spiro atoms. The van der Waals surface area contributed by atoms with Crippen LogP contribution in [0.2, 0.25) is 0 Å². The van der Waals surface area contributed by atoms with E-state index in [4.69, 9.17) is 16.2 Å². The van der Waals surface area contributed by atoms with E-state index < -0.39 is 0 Å². The Balaban J connectivity index is 2.28. The molecule has 14 heavy (non-hydrogen) atoms. The zero-order valence-electron chi connectivity index (χ0n) is 7.95. The molecule has 3 nitrogen and oxygen atoms in total. The van der Waals surface area contributed by atoms with Gasteiger partial charge in [0.25, 0.3) is 0 Å². The number of benzene rings is 1. The van der Waals surface area contributed by atoms with Crippen LogP contribution in [0.25, 0.3) is 0 Å². The maximum Gasteiger partial charge on any atom is 0.123 e. The standard InChI is InChI=1S/C10H15FN2O/c11-9-3-1-8(2-4-9)6-14-7-10(13)5-12/h1-4,10H,5-7,12-13H2. The summed E-state index contributed by atoms with van der Waals surface area (Å²) >= 11 is 0. The molecule has 0 aliphatic heterocycles. The van der Waals surface area contributed by atoms with E-state index in [0.717, 1.165) is 5.56 Å². The molecule has 1 rings (SSSR count). The zero-order chi connectivity index (χ0) is 10.4. The van der Waals surface area contributed by atoms with Crippen molar-refractivity contribution in [3.05, 3.63) is 35.6 Å². The van der Waals surface area contributed by atoms with Gasteiger partial charge in [-0.05, 0) is 17.7 Å². The molecule has 4 N–H and O–H groups in total. The number of ether oxygens (including phenoxy) is 1. The molecule has 0 fully saturated rings. The van der Waals surface area contributed by atoms with Crippen LogP contribution in [0.5, 0.6) is 0 Å².